The van der Waals surface area contributed by atoms with Crippen LogP contribution in [0.25, 0.3) is 0 Å². The molecule has 0 atom stereocenters. The predicted molar refractivity (Wildman–Crippen MR) is 124 cm³/mol. The number of aryl methyl sites for hydroxylation is 1. The van der Waals surface area contributed by atoms with Crippen LogP contribution in [0, 0.1) is 17.0 Å². The number of furan rings is 1. The van der Waals surface area contributed by atoms with Crippen molar-refractivity contribution < 1.29 is 44.2 Å². The number of nitrogens with zero attached hydrogens (tertiary/aromatic N) is 3. The van der Waals surface area contributed by atoms with Gasteiger partial charge < -0.3 is 54.8 Å². The van der Waals surface area contributed by atoms with E-state index in [2.05, 4.69) is 11.0 Å². The van der Waals surface area contributed by atoms with E-state index in [0.717, 1.165) is 35.8 Å². The fourth-order valence-electron chi connectivity index (χ4n) is 2.50. The van der Waals surface area contributed by atoms with Crippen LogP contribution < -0.4 is 21.1 Å². The SMILES string of the molecule is Cc1cc(CSCCN(C)C(N)=C[N+](=O)[O-])oc1CN(C)C.O=C([O-])CC(O)(CC(=O)[O-])C(=O)[O-].[Bi+3]. The van der Waals surface area contributed by atoms with Gasteiger partial charge in [-0.25, -0.2) is 0 Å². The van der Waals surface area contributed by atoms with E-state index in [9.17, 15) is 39.8 Å². The Hall–Kier alpha value is -2.42. The molecule has 0 aliphatic rings. The van der Waals surface area contributed by atoms with E-state index in [4.69, 9.17) is 15.3 Å². The standard InChI is InChI=1S/C14H24N4O3S.C6H8O7.Bi/c1-11-7-12(21-13(11)8-16(2)3)10-22-6-5-17(4)14(15)9-18(19)20;7-3(8)1-6(13,5(11)12)2-4(9)10;/h7,9H,5-6,8,10,15H2,1-4H3;13H,1-2H2,(H,7,8)(H,9,10)(H,11,12);/q;;+3/p-3. The van der Waals surface area contributed by atoms with E-state index in [1.165, 1.54) is 5.56 Å². The van der Waals surface area contributed by atoms with E-state index >= 15 is 0 Å². The molecule has 36 heavy (non-hydrogen) atoms. The van der Waals surface area contributed by atoms with Crippen LogP contribution in [0.3, 0.4) is 0 Å². The second kappa shape index (κ2) is 17.1. The van der Waals surface area contributed by atoms with Crippen molar-refractivity contribution in [2.24, 2.45) is 5.73 Å². The van der Waals surface area contributed by atoms with Crippen LogP contribution >= 0.6 is 11.8 Å². The summed E-state index contributed by atoms with van der Waals surface area (Å²) in [6.07, 6.45) is -1.90. The van der Waals surface area contributed by atoms with Gasteiger partial charge in [0.1, 0.15) is 17.1 Å². The Balaban J connectivity index is 0. The number of carboxylic acid groups (broad SMARTS) is 3. The van der Waals surface area contributed by atoms with Crippen LogP contribution in [0.4, 0.5) is 0 Å². The van der Waals surface area contributed by atoms with E-state index in [1.807, 2.05) is 21.0 Å². The summed E-state index contributed by atoms with van der Waals surface area (Å²) in [4.78, 5) is 43.5. The first-order valence-electron chi connectivity index (χ1n) is 10.0. The van der Waals surface area contributed by atoms with Crippen LogP contribution in [0.2, 0.25) is 0 Å². The number of nitrogens with two attached hydrogens (primary N) is 1. The summed E-state index contributed by atoms with van der Waals surface area (Å²) >= 11 is 1.71. The zero-order valence-electron chi connectivity index (χ0n) is 20.3. The molecule has 0 aliphatic carbocycles. The number of carbonyl (C=O) groups excluding carboxylic acids is 3. The zero-order valence-corrected chi connectivity index (χ0v) is 24.6. The van der Waals surface area contributed by atoms with Gasteiger partial charge in [0.2, 0.25) is 0 Å². The van der Waals surface area contributed by atoms with E-state index in [1.54, 1.807) is 23.7 Å². The van der Waals surface area contributed by atoms with Crippen molar-refractivity contribution in [1.29, 1.82) is 0 Å². The summed E-state index contributed by atoms with van der Waals surface area (Å²) in [5.41, 5.74) is 3.79. The third-order valence-electron chi connectivity index (χ3n) is 4.28. The van der Waals surface area contributed by atoms with Crippen molar-refractivity contribution in [2.75, 3.05) is 33.4 Å². The van der Waals surface area contributed by atoms with Gasteiger partial charge in [-0.05, 0) is 32.6 Å². The van der Waals surface area contributed by atoms with E-state index in [0.29, 0.717) is 6.54 Å². The summed E-state index contributed by atoms with van der Waals surface area (Å²) in [5, 5.41) is 49.3. The molecule has 0 amide bonds. The molecule has 0 saturated carbocycles. The third kappa shape index (κ3) is 14.9. The number of aliphatic carboxylic acids is 3. The van der Waals surface area contributed by atoms with Gasteiger partial charge in [-0.15, -0.1) is 0 Å². The first-order valence-corrected chi connectivity index (χ1v) is 11.2. The Bertz CT molecular complexity index is 906. The van der Waals surface area contributed by atoms with Crippen LogP contribution in [-0.4, -0.2) is 103 Å². The second-order valence-corrected chi connectivity index (χ2v) is 8.89. The van der Waals surface area contributed by atoms with Crippen molar-refractivity contribution in [3.05, 3.63) is 45.3 Å². The molecule has 0 aliphatic heterocycles. The summed E-state index contributed by atoms with van der Waals surface area (Å²) in [6, 6.07) is 2.07. The molecule has 1 rings (SSSR count). The monoisotopic (exact) mass is 726 g/mol. The molecule has 0 unspecified atom stereocenters. The summed E-state index contributed by atoms with van der Waals surface area (Å²) in [5.74, 6) is -2.28. The molecule has 0 saturated heterocycles. The Morgan fingerprint density at radius 3 is 2.14 bits per heavy atom. The molecule has 1 aromatic rings. The number of rotatable bonds is 14. The quantitative estimate of drug-likeness (QED) is 0.0812. The zero-order chi connectivity index (χ0) is 27.3. The normalized spacial score (nSPS) is 11.2. The molecule has 3 N–H and O–H groups in total. The Kier molecular flexibility index (Phi) is 17.0. The van der Waals surface area contributed by atoms with Gasteiger partial charge in [-0.2, -0.15) is 11.8 Å². The number of thioether (sulfide) groups is 1. The first kappa shape index (κ1) is 35.7. The van der Waals surface area contributed by atoms with Crippen molar-refractivity contribution in [3.8, 4) is 0 Å². The Labute approximate surface area is 231 Å². The molecule has 0 aromatic carbocycles. The molecular formula is C20H29BiN4O10S. The third-order valence-corrected chi connectivity index (χ3v) is 5.24. The maximum Gasteiger partial charge on any atom is 3.00 e. The number of aliphatic hydroxyl groups is 1. The fourth-order valence-corrected chi connectivity index (χ4v) is 3.39. The average molecular weight is 727 g/mol. The molecule has 16 heteroatoms. The van der Waals surface area contributed by atoms with E-state index < -0.39 is 41.3 Å². The summed E-state index contributed by atoms with van der Waals surface area (Å²) < 4.78 is 5.83. The van der Waals surface area contributed by atoms with E-state index in [-0.39, 0.29) is 32.0 Å². The van der Waals surface area contributed by atoms with Gasteiger partial charge in [0, 0.05) is 44.1 Å². The Morgan fingerprint density at radius 1 is 1.19 bits per heavy atom. The van der Waals surface area contributed by atoms with Crippen molar-refractivity contribution in [1.82, 2.24) is 9.80 Å². The van der Waals surface area contributed by atoms with Crippen molar-refractivity contribution in [3.63, 3.8) is 0 Å². The molecule has 1 aromatic heterocycles. The minimum Gasteiger partial charge on any atom is -0.550 e. The smallest absolute Gasteiger partial charge is 0.550 e. The maximum atomic E-state index is 10.3. The van der Waals surface area contributed by atoms with Crippen molar-refractivity contribution in [2.45, 2.75) is 37.7 Å². The first-order chi connectivity index (χ1) is 16.1. The number of carboxylic acids is 3. The van der Waals surface area contributed by atoms with Gasteiger partial charge in [0.05, 0.1) is 23.2 Å². The predicted octanol–water partition coefficient (Wildman–Crippen LogP) is -3.78. The van der Waals surface area contributed by atoms with Crippen LogP contribution in [0.1, 0.15) is 29.9 Å². The summed E-state index contributed by atoms with van der Waals surface area (Å²) in [7, 11) is 5.76. The average Bonchev–Trinajstić information content (AvgIpc) is 3.02. The Morgan fingerprint density at radius 2 is 1.72 bits per heavy atom. The topological polar surface area (TPSA) is 229 Å². The van der Waals surface area contributed by atoms with Crippen LogP contribution in [0.15, 0.2) is 22.5 Å². The molecule has 1 heterocycles. The minimum absolute atomic E-state index is 0. The fraction of sp³-hybridized carbons (Fsp3) is 0.550. The molecule has 200 valence electrons. The number of carbonyl (C=O) groups is 3. The number of hydrogen-bond acceptors (Lipinski definition) is 14. The molecule has 0 fully saturated rings. The number of hydrogen-bond donors (Lipinski definition) is 2. The molecular weight excluding hydrogens is 697 g/mol. The molecule has 0 spiro atoms. The molecule has 2 radical (unpaired) electrons. The van der Waals surface area contributed by atoms with Crippen LogP contribution in [0.5, 0.6) is 0 Å². The maximum absolute atomic E-state index is 10.3. The van der Waals surface area contributed by atoms with Gasteiger partial charge in [0.25, 0.3) is 6.20 Å². The van der Waals surface area contributed by atoms with Gasteiger partial charge in [0.15, 0.2) is 5.82 Å². The second-order valence-electron chi connectivity index (χ2n) is 7.79. The van der Waals surface area contributed by atoms with Gasteiger partial charge >= 0.3 is 26.2 Å². The van der Waals surface area contributed by atoms with Gasteiger partial charge in [-0.1, -0.05) is 0 Å². The molecule has 0 bridgehead atoms. The van der Waals surface area contributed by atoms with Crippen molar-refractivity contribution >= 4 is 55.9 Å². The largest absolute Gasteiger partial charge is 3.00 e. The summed E-state index contributed by atoms with van der Waals surface area (Å²) in [6.45, 7) is 3.49. The van der Waals surface area contributed by atoms with Gasteiger partial charge in [-0.3, -0.25) is 10.1 Å². The van der Waals surface area contributed by atoms with Crippen LogP contribution in [-0.2, 0) is 26.7 Å². The molecule has 14 nitrogen and oxygen atoms in total. The number of nitro groups is 1. The minimum atomic E-state index is -2.97.